The number of hydrogen-bond acceptors (Lipinski definition) is 5. The molecule has 0 bridgehead atoms. The maximum atomic E-state index is 12.4. The van der Waals surface area contributed by atoms with Gasteiger partial charge in [0.25, 0.3) is 17.7 Å². The Kier molecular flexibility index (Phi) is 3.58. The maximum Gasteiger partial charge on any atom is 0.261 e. The molecule has 4 rings (SSSR count). The van der Waals surface area contributed by atoms with E-state index in [9.17, 15) is 14.4 Å². The Morgan fingerprint density at radius 3 is 2.42 bits per heavy atom. The van der Waals surface area contributed by atoms with Gasteiger partial charge >= 0.3 is 0 Å². The average Bonchev–Trinajstić information content (AvgIpc) is 3.27. The van der Waals surface area contributed by atoms with Gasteiger partial charge in [-0.2, -0.15) is 5.10 Å². The van der Waals surface area contributed by atoms with Crippen LogP contribution < -0.4 is 5.32 Å². The van der Waals surface area contributed by atoms with E-state index in [2.05, 4.69) is 15.4 Å². The van der Waals surface area contributed by atoms with Gasteiger partial charge in [-0.3, -0.25) is 19.3 Å². The zero-order valence-electron chi connectivity index (χ0n) is 13.7. The molecule has 0 radical (unpaired) electrons. The molecule has 1 N–H and O–H groups in total. The van der Waals surface area contributed by atoms with Crippen molar-refractivity contribution >= 4 is 23.4 Å². The fourth-order valence-electron chi connectivity index (χ4n) is 2.74. The van der Waals surface area contributed by atoms with Gasteiger partial charge in [0.05, 0.1) is 16.8 Å². The molecule has 0 spiro atoms. The standard InChI is InChI=1S/C18H13N5O3/c1-22-17(25)14-7-2-11(8-15(14)18(22)26)16(24)21-12-3-5-13(6-4-12)23-10-19-9-20-23/h2-10H,1H3,(H,21,24). The van der Waals surface area contributed by atoms with Crippen molar-refractivity contribution in [2.45, 2.75) is 0 Å². The summed E-state index contributed by atoms with van der Waals surface area (Å²) in [5.74, 6) is -1.13. The van der Waals surface area contributed by atoms with Crippen LogP contribution in [0.25, 0.3) is 5.69 Å². The zero-order chi connectivity index (χ0) is 18.3. The molecule has 1 aliphatic heterocycles. The van der Waals surface area contributed by atoms with Crippen molar-refractivity contribution < 1.29 is 14.4 Å². The lowest BCUT2D eigenvalue weighted by molar-refractivity contribution is 0.0693. The number of amides is 3. The molecule has 0 aliphatic carbocycles. The minimum atomic E-state index is -0.406. The summed E-state index contributed by atoms with van der Waals surface area (Å²) >= 11 is 0. The topological polar surface area (TPSA) is 97.2 Å². The van der Waals surface area contributed by atoms with E-state index < -0.39 is 5.91 Å². The highest BCUT2D eigenvalue weighted by atomic mass is 16.2. The Labute approximate surface area is 148 Å². The third-order valence-corrected chi connectivity index (χ3v) is 4.16. The largest absolute Gasteiger partial charge is 0.322 e. The Morgan fingerprint density at radius 1 is 1.00 bits per heavy atom. The monoisotopic (exact) mass is 347 g/mol. The van der Waals surface area contributed by atoms with Gasteiger partial charge in [-0.05, 0) is 42.5 Å². The van der Waals surface area contributed by atoms with Crippen LogP contribution in [0.3, 0.4) is 0 Å². The van der Waals surface area contributed by atoms with Gasteiger partial charge in [-0.25, -0.2) is 9.67 Å². The first kappa shape index (κ1) is 15.7. The Hall–Kier alpha value is -3.81. The molecule has 8 nitrogen and oxygen atoms in total. The van der Waals surface area contributed by atoms with Gasteiger partial charge in [-0.15, -0.1) is 0 Å². The second-order valence-corrected chi connectivity index (χ2v) is 5.77. The first-order chi connectivity index (χ1) is 12.5. The van der Waals surface area contributed by atoms with Crippen molar-refractivity contribution in [3.63, 3.8) is 0 Å². The number of carbonyl (C=O) groups is 3. The molecule has 1 aliphatic rings. The number of fused-ring (bicyclic) bond motifs is 1. The van der Waals surface area contributed by atoms with Crippen LogP contribution in [0.1, 0.15) is 31.1 Å². The van der Waals surface area contributed by atoms with E-state index in [1.54, 1.807) is 35.3 Å². The summed E-state index contributed by atoms with van der Waals surface area (Å²) in [6, 6.07) is 11.5. The van der Waals surface area contributed by atoms with Gasteiger partial charge < -0.3 is 5.32 Å². The van der Waals surface area contributed by atoms with Crippen LogP contribution in [0.15, 0.2) is 55.1 Å². The minimum Gasteiger partial charge on any atom is -0.322 e. The predicted molar refractivity (Wildman–Crippen MR) is 92.2 cm³/mol. The van der Waals surface area contributed by atoms with E-state index in [1.807, 2.05) is 0 Å². The molecule has 26 heavy (non-hydrogen) atoms. The fourth-order valence-corrected chi connectivity index (χ4v) is 2.74. The number of nitrogens with zero attached hydrogens (tertiary/aromatic N) is 4. The Balaban J connectivity index is 1.54. The maximum absolute atomic E-state index is 12.4. The van der Waals surface area contributed by atoms with Gasteiger partial charge in [-0.1, -0.05) is 0 Å². The van der Waals surface area contributed by atoms with Crippen LogP contribution in [0, 0.1) is 0 Å². The molecular weight excluding hydrogens is 334 g/mol. The normalized spacial score (nSPS) is 13.0. The van der Waals surface area contributed by atoms with Crippen molar-refractivity contribution in [1.82, 2.24) is 19.7 Å². The molecule has 2 heterocycles. The van der Waals surface area contributed by atoms with Gasteiger partial charge in [0.2, 0.25) is 0 Å². The van der Waals surface area contributed by atoms with E-state index in [0.717, 1.165) is 10.6 Å². The van der Waals surface area contributed by atoms with Gasteiger partial charge in [0.15, 0.2) is 0 Å². The van der Waals surface area contributed by atoms with Crippen LogP contribution in [0.5, 0.6) is 0 Å². The lowest BCUT2D eigenvalue weighted by atomic mass is 10.1. The number of imide groups is 1. The number of carbonyl (C=O) groups excluding carboxylic acids is 3. The minimum absolute atomic E-state index is 0.242. The number of anilines is 1. The molecule has 128 valence electrons. The summed E-state index contributed by atoms with van der Waals surface area (Å²) in [6.07, 6.45) is 3.01. The molecule has 0 fully saturated rings. The van der Waals surface area contributed by atoms with Crippen LogP contribution >= 0.6 is 0 Å². The second-order valence-electron chi connectivity index (χ2n) is 5.77. The quantitative estimate of drug-likeness (QED) is 0.728. The van der Waals surface area contributed by atoms with Gasteiger partial charge in [0, 0.05) is 18.3 Å². The van der Waals surface area contributed by atoms with Crippen molar-refractivity contribution in [2.24, 2.45) is 0 Å². The number of benzene rings is 2. The summed E-state index contributed by atoms with van der Waals surface area (Å²) < 4.78 is 1.60. The molecule has 3 amide bonds. The highest BCUT2D eigenvalue weighted by Crippen LogP contribution is 2.23. The molecule has 3 aromatic rings. The third kappa shape index (κ3) is 2.53. The van der Waals surface area contributed by atoms with Crippen LogP contribution in [-0.2, 0) is 0 Å². The van der Waals surface area contributed by atoms with Crippen molar-refractivity contribution in [2.75, 3.05) is 12.4 Å². The molecule has 0 saturated carbocycles. The molecule has 2 aromatic carbocycles. The van der Waals surface area contributed by atoms with Gasteiger partial charge in [0.1, 0.15) is 12.7 Å². The highest BCUT2D eigenvalue weighted by Gasteiger charge is 2.33. The highest BCUT2D eigenvalue weighted by molar-refractivity contribution is 6.22. The third-order valence-electron chi connectivity index (χ3n) is 4.16. The van der Waals surface area contributed by atoms with E-state index in [0.29, 0.717) is 16.8 Å². The van der Waals surface area contributed by atoms with Crippen LogP contribution in [0.2, 0.25) is 0 Å². The fraction of sp³-hybridized carbons (Fsp3) is 0.0556. The first-order valence-corrected chi connectivity index (χ1v) is 7.77. The number of aromatic nitrogens is 3. The second kappa shape index (κ2) is 5.92. The summed E-state index contributed by atoms with van der Waals surface area (Å²) in [6.45, 7) is 0. The summed E-state index contributed by atoms with van der Waals surface area (Å²) in [7, 11) is 1.42. The van der Waals surface area contributed by atoms with E-state index in [4.69, 9.17) is 0 Å². The van der Waals surface area contributed by atoms with Crippen LogP contribution in [0.4, 0.5) is 5.69 Å². The predicted octanol–water partition coefficient (Wildman–Crippen LogP) is 1.75. The smallest absolute Gasteiger partial charge is 0.261 e. The number of rotatable bonds is 3. The lowest BCUT2D eigenvalue weighted by Crippen LogP contribution is -2.24. The molecule has 8 heteroatoms. The van der Waals surface area contributed by atoms with Crippen molar-refractivity contribution in [3.05, 3.63) is 71.8 Å². The molecule has 1 aromatic heterocycles. The van der Waals surface area contributed by atoms with E-state index in [1.165, 1.54) is 31.6 Å². The number of nitrogens with one attached hydrogen (secondary N) is 1. The SMILES string of the molecule is CN1C(=O)c2ccc(C(=O)Nc3ccc(-n4cncn4)cc3)cc2C1=O. The van der Waals surface area contributed by atoms with Crippen molar-refractivity contribution in [3.8, 4) is 5.69 Å². The Morgan fingerprint density at radius 2 is 1.73 bits per heavy atom. The summed E-state index contributed by atoms with van der Waals surface area (Å²) in [5.41, 5.74) is 2.27. The van der Waals surface area contributed by atoms with Crippen molar-refractivity contribution in [1.29, 1.82) is 0 Å². The average molecular weight is 347 g/mol. The molecule has 0 atom stereocenters. The van der Waals surface area contributed by atoms with E-state index >= 15 is 0 Å². The van der Waals surface area contributed by atoms with E-state index in [-0.39, 0.29) is 17.4 Å². The molecular formula is C18H13N5O3. The lowest BCUT2D eigenvalue weighted by Gasteiger charge is -2.07. The summed E-state index contributed by atoms with van der Waals surface area (Å²) in [4.78, 5) is 41.3. The molecule has 0 saturated heterocycles. The van der Waals surface area contributed by atoms with Crippen LogP contribution in [-0.4, -0.2) is 44.4 Å². The molecule has 0 unspecified atom stereocenters. The zero-order valence-corrected chi connectivity index (χ0v) is 13.7. The Bertz CT molecular complexity index is 1030. The number of hydrogen-bond donors (Lipinski definition) is 1. The first-order valence-electron chi connectivity index (χ1n) is 7.77. The summed E-state index contributed by atoms with van der Waals surface area (Å²) in [5, 5.41) is 6.80.